The molecule has 1 N–H and O–H groups in total. The zero-order valence-corrected chi connectivity index (χ0v) is 8.80. The molecule has 0 saturated heterocycles. The highest BCUT2D eigenvalue weighted by Gasteiger charge is 2.05. The number of aromatic nitrogens is 1. The van der Waals surface area contributed by atoms with Gasteiger partial charge in [0, 0.05) is 18.3 Å². The topological polar surface area (TPSA) is 38.1 Å². The van der Waals surface area contributed by atoms with E-state index in [2.05, 4.69) is 10.3 Å². The van der Waals surface area contributed by atoms with Crippen LogP contribution in [0.3, 0.4) is 0 Å². The van der Waals surface area contributed by atoms with Crippen LogP contribution in [0.5, 0.6) is 0 Å². The van der Waals surface area contributed by atoms with E-state index in [0.717, 1.165) is 29.4 Å². The van der Waals surface area contributed by atoms with Gasteiger partial charge in [0.15, 0.2) is 5.76 Å². The molecule has 0 aromatic carbocycles. The SMILES string of the molecule is CNCCc1nc(-c2ccco2)cs1. The average Bonchev–Trinajstić information content (AvgIpc) is 2.85. The summed E-state index contributed by atoms with van der Waals surface area (Å²) in [6.45, 7) is 0.963. The Hall–Kier alpha value is -1.13. The number of likely N-dealkylation sites (N-methyl/N-ethyl adjacent to an activating group) is 1. The van der Waals surface area contributed by atoms with Gasteiger partial charge in [-0.2, -0.15) is 0 Å². The molecule has 0 radical (unpaired) electrons. The maximum absolute atomic E-state index is 5.27. The van der Waals surface area contributed by atoms with Crippen molar-refractivity contribution in [2.24, 2.45) is 0 Å². The molecule has 0 saturated carbocycles. The number of nitrogens with zero attached hydrogens (tertiary/aromatic N) is 1. The summed E-state index contributed by atoms with van der Waals surface area (Å²) in [6.07, 6.45) is 2.64. The molecule has 2 aromatic heterocycles. The van der Waals surface area contributed by atoms with E-state index in [0.29, 0.717) is 0 Å². The van der Waals surface area contributed by atoms with Gasteiger partial charge in [0.05, 0.1) is 11.3 Å². The maximum Gasteiger partial charge on any atom is 0.153 e. The molecule has 2 rings (SSSR count). The molecule has 0 aliphatic rings. The lowest BCUT2D eigenvalue weighted by Crippen LogP contribution is -2.09. The van der Waals surface area contributed by atoms with Crippen molar-refractivity contribution in [3.05, 3.63) is 28.8 Å². The second-order valence-corrected chi connectivity index (χ2v) is 3.90. The van der Waals surface area contributed by atoms with Crippen LogP contribution in [0.4, 0.5) is 0 Å². The van der Waals surface area contributed by atoms with E-state index in [4.69, 9.17) is 4.42 Å². The van der Waals surface area contributed by atoms with Crippen LogP contribution in [-0.4, -0.2) is 18.6 Å². The number of furan rings is 1. The molecule has 0 atom stereocenters. The molecule has 0 spiro atoms. The molecule has 0 bridgehead atoms. The molecular weight excluding hydrogens is 196 g/mol. The number of hydrogen-bond acceptors (Lipinski definition) is 4. The quantitative estimate of drug-likeness (QED) is 0.836. The Morgan fingerprint density at radius 3 is 3.21 bits per heavy atom. The van der Waals surface area contributed by atoms with Crippen LogP contribution in [0.1, 0.15) is 5.01 Å². The number of nitrogens with one attached hydrogen (secondary N) is 1. The molecule has 2 aromatic rings. The van der Waals surface area contributed by atoms with Gasteiger partial charge in [-0.25, -0.2) is 4.98 Å². The first-order chi connectivity index (χ1) is 6.90. The molecule has 74 valence electrons. The highest BCUT2D eigenvalue weighted by atomic mass is 32.1. The summed E-state index contributed by atoms with van der Waals surface area (Å²) in [5.74, 6) is 0.844. The summed E-state index contributed by atoms with van der Waals surface area (Å²) in [5.41, 5.74) is 0.936. The largest absolute Gasteiger partial charge is 0.463 e. The first kappa shape index (κ1) is 9.43. The minimum atomic E-state index is 0.844. The van der Waals surface area contributed by atoms with Crippen LogP contribution in [0.2, 0.25) is 0 Å². The van der Waals surface area contributed by atoms with Gasteiger partial charge in [0.25, 0.3) is 0 Å². The van der Waals surface area contributed by atoms with E-state index in [1.807, 2.05) is 24.6 Å². The number of thiazole rings is 1. The predicted octanol–water partition coefficient (Wildman–Crippen LogP) is 2.17. The van der Waals surface area contributed by atoms with Crippen LogP contribution in [0.15, 0.2) is 28.2 Å². The minimum absolute atomic E-state index is 0.844. The Morgan fingerprint density at radius 2 is 2.50 bits per heavy atom. The number of rotatable bonds is 4. The van der Waals surface area contributed by atoms with Crippen molar-refractivity contribution >= 4 is 11.3 Å². The summed E-state index contributed by atoms with van der Waals surface area (Å²) in [7, 11) is 1.95. The average molecular weight is 208 g/mol. The predicted molar refractivity (Wildman–Crippen MR) is 57.4 cm³/mol. The van der Waals surface area contributed by atoms with E-state index < -0.39 is 0 Å². The van der Waals surface area contributed by atoms with Crippen LogP contribution >= 0.6 is 11.3 Å². The zero-order valence-electron chi connectivity index (χ0n) is 7.99. The molecule has 0 fully saturated rings. The summed E-state index contributed by atoms with van der Waals surface area (Å²) in [4.78, 5) is 4.47. The van der Waals surface area contributed by atoms with E-state index in [1.54, 1.807) is 17.6 Å². The monoisotopic (exact) mass is 208 g/mol. The molecule has 4 heteroatoms. The first-order valence-corrected chi connectivity index (χ1v) is 5.41. The smallest absolute Gasteiger partial charge is 0.153 e. The third-order valence-electron chi connectivity index (χ3n) is 1.91. The van der Waals surface area contributed by atoms with Crippen LogP contribution < -0.4 is 5.32 Å². The third-order valence-corrected chi connectivity index (χ3v) is 2.82. The molecule has 0 aliphatic heterocycles. The van der Waals surface area contributed by atoms with E-state index >= 15 is 0 Å². The van der Waals surface area contributed by atoms with E-state index in [1.165, 1.54) is 0 Å². The van der Waals surface area contributed by atoms with Crippen LogP contribution in [0.25, 0.3) is 11.5 Å². The van der Waals surface area contributed by atoms with Crippen molar-refractivity contribution in [3.63, 3.8) is 0 Å². The Bertz CT molecular complexity index is 380. The van der Waals surface area contributed by atoms with Crippen molar-refractivity contribution in [3.8, 4) is 11.5 Å². The molecule has 2 heterocycles. The molecule has 3 nitrogen and oxygen atoms in total. The Labute approximate surface area is 86.8 Å². The lowest BCUT2D eigenvalue weighted by Gasteiger charge is -1.93. The molecule has 0 aliphatic carbocycles. The van der Waals surface area contributed by atoms with Gasteiger partial charge in [0.2, 0.25) is 0 Å². The number of hydrogen-bond donors (Lipinski definition) is 1. The molecular formula is C10H12N2OS. The summed E-state index contributed by atoms with van der Waals surface area (Å²) < 4.78 is 5.27. The van der Waals surface area contributed by atoms with Gasteiger partial charge < -0.3 is 9.73 Å². The summed E-state index contributed by atoms with van der Waals surface area (Å²) in [6, 6.07) is 3.80. The minimum Gasteiger partial charge on any atom is -0.463 e. The van der Waals surface area contributed by atoms with Crippen LogP contribution in [-0.2, 0) is 6.42 Å². The summed E-state index contributed by atoms with van der Waals surface area (Å²) in [5, 5.41) is 6.28. The second-order valence-electron chi connectivity index (χ2n) is 2.96. The normalized spacial score (nSPS) is 10.6. The Morgan fingerprint density at radius 1 is 1.57 bits per heavy atom. The maximum atomic E-state index is 5.27. The lowest BCUT2D eigenvalue weighted by atomic mass is 10.3. The van der Waals surface area contributed by atoms with E-state index in [-0.39, 0.29) is 0 Å². The van der Waals surface area contributed by atoms with Crippen molar-refractivity contribution in [2.45, 2.75) is 6.42 Å². The van der Waals surface area contributed by atoms with Gasteiger partial charge in [-0.3, -0.25) is 0 Å². The van der Waals surface area contributed by atoms with Gasteiger partial charge >= 0.3 is 0 Å². The standard InChI is InChI=1S/C10H12N2OS/c1-11-5-4-10-12-8(7-14-10)9-3-2-6-13-9/h2-3,6-7,11H,4-5H2,1H3. The highest BCUT2D eigenvalue weighted by molar-refractivity contribution is 7.09. The fraction of sp³-hybridized carbons (Fsp3) is 0.300. The van der Waals surface area contributed by atoms with Crippen molar-refractivity contribution in [1.82, 2.24) is 10.3 Å². The van der Waals surface area contributed by atoms with Gasteiger partial charge in [0.1, 0.15) is 5.69 Å². The lowest BCUT2D eigenvalue weighted by molar-refractivity contribution is 0.580. The fourth-order valence-corrected chi connectivity index (χ4v) is 1.98. The Balaban J connectivity index is 2.10. The molecule has 14 heavy (non-hydrogen) atoms. The van der Waals surface area contributed by atoms with Gasteiger partial charge in [-0.1, -0.05) is 0 Å². The second kappa shape index (κ2) is 4.39. The Kier molecular flexibility index (Phi) is 2.96. The molecule has 0 amide bonds. The zero-order chi connectivity index (χ0) is 9.80. The van der Waals surface area contributed by atoms with Gasteiger partial charge in [-0.05, 0) is 19.2 Å². The van der Waals surface area contributed by atoms with Crippen molar-refractivity contribution in [1.29, 1.82) is 0 Å². The van der Waals surface area contributed by atoms with Gasteiger partial charge in [-0.15, -0.1) is 11.3 Å². The summed E-state index contributed by atoms with van der Waals surface area (Å²) >= 11 is 1.68. The van der Waals surface area contributed by atoms with Crippen LogP contribution in [0, 0.1) is 0 Å². The fourth-order valence-electron chi connectivity index (χ4n) is 1.20. The molecule has 0 unspecified atom stereocenters. The van der Waals surface area contributed by atoms with Crippen molar-refractivity contribution < 1.29 is 4.42 Å². The highest BCUT2D eigenvalue weighted by Crippen LogP contribution is 2.22. The van der Waals surface area contributed by atoms with Crippen molar-refractivity contribution in [2.75, 3.05) is 13.6 Å². The first-order valence-electron chi connectivity index (χ1n) is 4.53. The third kappa shape index (κ3) is 2.02. The van der Waals surface area contributed by atoms with E-state index in [9.17, 15) is 0 Å².